The van der Waals surface area contributed by atoms with Gasteiger partial charge < -0.3 is 19.1 Å². The molecule has 0 unspecified atom stereocenters. The van der Waals surface area contributed by atoms with Crippen molar-refractivity contribution < 1.29 is 19.0 Å². The lowest BCUT2D eigenvalue weighted by Gasteiger charge is -2.36. The summed E-state index contributed by atoms with van der Waals surface area (Å²) in [6.07, 6.45) is 1.59. The third-order valence-electron chi connectivity index (χ3n) is 7.38. The summed E-state index contributed by atoms with van der Waals surface area (Å²) in [5, 5.41) is 4.84. The van der Waals surface area contributed by atoms with Crippen molar-refractivity contribution in [3.63, 3.8) is 0 Å². The normalized spacial score (nSPS) is 13.6. The molecular weight excluding hydrogens is 576 g/mol. The fourth-order valence-corrected chi connectivity index (χ4v) is 5.15. The number of carbonyl (C=O) groups excluding carboxylic acids is 1. The van der Waals surface area contributed by atoms with Crippen molar-refractivity contribution in [1.82, 2.24) is 10.3 Å². The molecular formula is C35H37ClN4O4. The molecule has 1 saturated heterocycles. The van der Waals surface area contributed by atoms with Crippen LogP contribution >= 0.6 is 11.6 Å². The highest BCUT2D eigenvalue weighted by Crippen LogP contribution is 2.30. The second kappa shape index (κ2) is 15.3. The number of para-hydroxylation sites is 2. The maximum absolute atomic E-state index is 12.7. The molecule has 8 nitrogen and oxygen atoms in total. The fraction of sp³-hybridized carbons (Fsp3) is 0.257. The molecule has 0 radical (unpaired) electrons. The van der Waals surface area contributed by atoms with E-state index in [1.54, 1.807) is 13.3 Å². The van der Waals surface area contributed by atoms with Gasteiger partial charge in [0, 0.05) is 43.3 Å². The van der Waals surface area contributed by atoms with Crippen molar-refractivity contribution in [3.8, 4) is 17.2 Å². The second-order valence-electron chi connectivity index (χ2n) is 10.4. The van der Waals surface area contributed by atoms with E-state index >= 15 is 0 Å². The summed E-state index contributed by atoms with van der Waals surface area (Å²) in [5.74, 6) is 1.87. The molecule has 1 amide bonds. The van der Waals surface area contributed by atoms with Crippen LogP contribution < -0.4 is 24.5 Å². The van der Waals surface area contributed by atoms with Gasteiger partial charge >= 0.3 is 0 Å². The van der Waals surface area contributed by atoms with Crippen molar-refractivity contribution in [2.24, 2.45) is 5.10 Å². The predicted octanol–water partition coefficient (Wildman–Crippen LogP) is 6.41. The Balaban J connectivity index is 1.10. The summed E-state index contributed by atoms with van der Waals surface area (Å²) in [7, 11) is 1.71. The molecule has 1 aliphatic heterocycles. The molecule has 4 aromatic rings. The molecule has 0 saturated carbocycles. The number of hydrogen-bond donors (Lipinski definition) is 1. The first kappa shape index (κ1) is 30.9. The molecule has 44 heavy (non-hydrogen) atoms. The number of halogens is 1. The Morgan fingerprint density at radius 1 is 0.864 bits per heavy atom. The topological polar surface area (TPSA) is 75.6 Å². The number of benzene rings is 4. The number of hydrazone groups is 1. The molecule has 0 bridgehead atoms. The molecule has 228 valence electrons. The monoisotopic (exact) mass is 612 g/mol. The van der Waals surface area contributed by atoms with E-state index in [-0.39, 0.29) is 5.91 Å². The van der Waals surface area contributed by atoms with Gasteiger partial charge in [-0.05, 0) is 78.2 Å². The van der Waals surface area contributed by atoms with Crippen LogP contribution in [-0.4, -0.2) is 56.9 Å². The summed E-state index contributed by atoms with van der Waals surface area (Å²) >= 11 is 5.97. The largest absolute Gasteiger partial charge is 0.495 e. The van der Waals surface area contributed by atoms with E-state index in [4.69, 9.17) is 25.8 Å². The van der Waals surface area contributed by atoms with Crippen molar-refractivity contribution in [3.05, 3.63) is 118 Å². The van der Waals surface area contributed by atoms with Gasteiger partial charge in [-0.15, -0.1) is 0 Å². The van der Waals surface area contributed by atoms with Crippen molar-refractivity contribution in [2.75, 3.05) is 44.8 Å². The Kier molecular flexibility index (Phi) is 10.7. The number of hydrogen-bond acceptors (Lipinski definition) is 7. The molecule has 9 heteroatoms. The SMILES string of the molecule is CCOc1cc(/C=N\NC(=O)c2ccc(CN3CCN(c4ccccc4OC)CC3)cc2)ccc1OCc1ccc(Cl)cc1. The minimum atomic E-state index is -0.272. The molecule has 1 N–H and O–H groups in total. The number of methoxy groups -OCH3 is 1. The van der Waals surface area contributed by atoms with Gasteiger partial charge in [0.1, 0.15) is 12.4 Å². The van der Waals surface area contributed by atoms with Crippen LogP contribution in [-0.2, 0) is 13.2 Å². The van der Waals surface area contributed by atoms with Crippen molar-refractivity contribution in [2.45, 2.75) is 20.1 Å². The zero-order valence-electron chi connectivity index (χ0n) is 25.0. The second-order valence-corrected chi connectivity index (χ2v) is 10.8. The number of nitrogens with zero attached hydrogens (tertiary/aromatic N) is 3. The third kappa shape index (κ3) is 8.30. The van der Waals surface area contributed by atoms with E-state index in [1.807, 2.05) is 91.9 Å². The maximum atomic E-state index is 12.7. The van der Waals surface area contributed by atoms with Gasteiger partial charge in [-0.25, -0.2) is 5.43 Å². The van der Waals surface area contributed by atoms with Crippen LogP contribution in [0.4, 0.5) is 5.69 Å². The summed E-state index contributed by atoms with van der Waals surface area (Å²) in [6.45, 7) is 7.41. The number of piperazine rings is 1. The minimum absolute atomic E-state index is 0.272. The highest BCUT2D eigenvalue weighted by atomic mass is 35.5. The van der Waals surface area contributed by atoms with Gasteiger partial charge in [0.15, 0.2) is 11.5 Å². The van der Waals surface area contributed by atoms with Gasteiger partial charge in [0.2, 0.25) is 0 Å². The third-order valence-corrected chi connectivity index (χ3v) is 7.63. The van der Waals surface area contributed by atoms with Crippen LogP contribution in [0.15, 0.2) is 96.1 Å². The Labute approximate surface area is 263 Å². The first-order valence-electron chi connectivity index (χ1n) is 14.7. The van der Waals surface area contributed by atoms with Gasteiger partial charge in [0.05, 0.1) is 25.6 Å². The van der Waals surface area contributed by atoms with Gasteiger partial charge in [-0.3, -0.25) is 9.69 Å². The molecule has 0 aliphatic carbocycles. The lowest BCUT2D eigenvalue weighted by Crippen LogP contribution is -2.46. The highest BCUT2D eigenvalue weighted by Gasteiger charge is 2.19. The zero-order valence-corrected chi connectivity index (χ0v) is 25.8. The van der Waals surface area contributed by atoms with Crippen molar-refractivity contribution >= 4 is 29.4 Å². The molecule has 4 aromatic carbocycles. The predicted molar refractivity (Wildman–Crippen MR) is 175 cm³/mol. The van der Waals surface area contributed by atoms with E-state index < -0.39 is 0 Å². The van der Waals surface area contributed by atoms with Crippen LogP contribution in [0.5, 0.6) is 17.2 Å². The molecule has 0 aromatic heterocycles. The highest BCUT2D eigenvalue weighted by molar-refractivity contribution is 6.30. The molecule has 1 aliphatic rings. The van der Waals surface area contributed by atoms with Gasteiger partial charge in [0.25, 0.3) is 5.91 Å². The number of nitrogens with one attached hydrogen (secondary N) is 1. The number of amides is 1. The summed E-state index contributed by atoms with van der Waals surface area (Å²) in [6, 6.07) is 28.9. The van der Waals surface area contributed by atoms with Crippen LogP contribution in [0.1, 0.15) is 34.0 Å². The minimum Gasteiger partial charge on any atom is -0.495 e. The first-order valence-corrected chi connectivity index (χ1v) is 15.1. The average molecular weight is 613 g/mol. The Bertz CT molecular complexity index is 1550. The first-order chi connectivity index (χ1) is 21.5. The molecule has 1 fully saturated rings. The van der Waals surface area contributed by atoms with Gasteiger partial charge in [-0.1, -0.05) is 48.0 Å². The summed E-state index contributed by atoms with van der Waals surface area (Å²) in [4.78, 5) is 17.5. The summed E-state index contributed by atoms with van der Waals surface area (Å²) in [5.41, 5.74) is 7.24. The van der Waals surface area contributed by atoms with Crippen LogP contribution in [0, 0.1) is 0 Å². The standard InChI is InChI=1S/C35H37ClN4O4/c1-3-43-34-22-28(12-17-33(34)44-25-27-10-15-30(36)16-11-27)23-37-38-35(41)29-13-8-26(9-14-29)24-39-18-20-40(21-19-39)31-6-4-5-7-32(31)42-2/h4-17,22-23H,3,18-21,24-25H2,1-2H3,(H,38,41)/b37-23-. The van der Waals surface area contributed by atoms with E-state index in [9.17, 15) is 4.79 Å². The van der Waals surface area contributed by atoms with Gasteiger partial charge in [-0.2, -0.15) is 5.10 Å². The molecule has 0 spiro atoms. The van der Waals surface area contributed by atoms with Crippen LogP contribution in [0.25, 0.3) is 0 Å². The summed E-state index contributed by atoms with van der Waals surface area (Å²) < 4.78 is 17.3. The van der Waals surface area contributed by atoms with E-state index in [1.165, 1.54) is 0 Å². The molecule has 5 rings (SSSR count). The van der Waals surface area contributed by atoms with Crippen LogP contribution in [0.3, 0.4) is 0 Å². The van der Waals surface area contributed by atoms with Crippen LogP contribution in [0.2, 0.25) is 5.02 Å². The lowest BCUT2D eigenvalue weighted by molar-refractivity contribution is 0.0955. The fourth-order valence-electron chi connectivity index (χ4n) is 5.02. The van der Waals surface area contributed by atoms with E-state index in [2.05, 4.69) is 26.4 Å². The smallest absolute Gasteiger partial charge is 0.271 e. The Hall–Kier alpha value is -4.53. The Morgan fingerprint density at radius 2 is 1.59 bits per heavy atom. The number of ether oxygens (including phenoxy) is 3. The molecule has 0 atom stereocenters. The van der Waals surface area contributed by atoms with E-state index in [0.717, 1.165) is 60.9 Å². The van der Waals surface area contributed by atoms with E-state index in [0.29, 0.717) is 35.3 Å². The lowest BCUT2D eigenvalue weighted by atomic mass is 10.1. The average Bonchev–Trinajstić information content (AvgIpc) is 3.06. The Morgan fingerprint density at radius 3 is 2.32 bits per heavy atom. The van der Waals surface area contributed by atoms with Crippen molar-refractivity contribution in [1.29, 1.82) is 0 Å². The molecule has 1 heterocycles. The quantitative estimate of drug-likeness (QED) is 0.147. The zero-order chi connectivity index (χ0) is 30.7. The number of carbonyl (C=O) groups is 1. The number of anilines is 1. The maximum Gasteiger partial charge on any atom is 0.271 e. The number of rotatable bonds is 12.